The Kier molecular flexibility index (Phi) is 4.79. The van der Waals surface area contributed by atoms with Crippen molar-refractivity contribution in [2.24, 2.45) is 5.92 Å². The summed E-state index contributed by atoms with van der Waals surface area (Å²) in [5.41, 5.74) is 0. The molecule has 1 saturated carbocycles. The van der Waals surface area contributed by atoms with Crippen LogP contribution in [0.15, 0.2) is 0 Å². The molecule has 0 radical (unpaired) electrons. The molecule has 2 atom stereocenters. The number of nitrogens with one attached hydrogen (secondary N) is 2. The van der Waals surface area contributed by atoms with Crippen molar-refractivity contribution in [2.75, 3.05) is 25.9 Å². The largest absolute Gasteiger partial charge is 0.317 e. The second kappa shape index (κ2) is 6.12. The Morgan fingerprint density at radius 2 is 2.00 bits per heavy atom. The lowest BCUT2D eigenvalue weighted by atomic mass is 9.98. The maximum atomic E-state index is 3.80. The van der Waals surface area contributed by atoms with E-state index in [1.807, 2.05) is 0 Å². The maximum Gasteiger partial charge on any atom is 0.0198 e. The quantitative estimate of drug-likeness (QED) is 0.768. The monoisotopic (exact) mass is 228 g/mol. The van der Waals surface area contributed by atoms with Crippen LogP contribution >= 0.6 is 11.8 Å². The Labute approximate surface area is 98.0 Å². The highest BCUT2D eigenvalue weighted by atomic mass is 32.2. The number of hydrogen-bond donors (Lipinski definition) is 2. The molecule has 3 heteroatoms. The number of thioether (sulfide) groups is 1. The molecule has 15 heavy (non-hydrogen) atoms. The number of hydrogen-bond acceptors (Lipinski definition) is 3. The fourth-order valence-corrected chi connectivity index (χ4v) is 3.81. The molecule has 1 heterocycles. The van der Waals surface area contributed by atoms with Crippen LogP contribution in [0, 0.1) is 5.92 Å². The highest BCUT2D eigenvalue weighted by Crippen LogP contribution is 2.28. The Hall–Kier alpha value is 0.270. The fraction of sp³-hybridized carbons (Fsp3) is 1.00. The van der Waals surface area contributed by atoms with Gasteiger partial charge in [-0.3, -0.25) is 0 Å². The minimum atomic E-state index is 0.801. The van der Waals surface area contributed by atoms with Gasteiger partial charge < -0.3 is 10.6 Å². The van der Waals surface area contributed by atoms with Gasteiger partial charge in [-0.25, -0.2) is 0 Å². The summed E-state index contributed by atoms with van der Waals surface area (Å²) in [5.74, 6) is 0.925. The van der Waals surface area contributed by atoms with E-state index in [2.05, 4.69) is 28.7 Å². The molecule has 1 aliphatic heterocycles. The van der Waals surface area contributed by atoms with Crippen molar-refractivity contribution in [2.45, 2.75) is 43.4 Å². The van der Waals surface area contributed by atoms with Crippen molar-refractivity contribution in [3.05, 3.63) is 0 Å². The molecule has 1 saturated heterocycles. The van der Waals surface area contributed by atoms with E-state index < -0.39 is 0 Å². The minimum absolute atomic E-state index is 0.801. The molecule has 2 rings (SSSR count). The Morgan fingerprint density at radius 3 is 2.73 bits per heavy atom. The van der Waals surface area contributed by atoms with Crippen molar-refractivity contribution in [3.8, 4) is 0 Å². The smallest absolute Gasteiger partial charge is 0.0198 e. The van der Waals surface area contributed by atoms with Gasteiger partial charge in [0.1, 0.15) is 0 Å². The highest BCUT2D eigenvalue weighted by molar-refractivity contribution is 7.99. The van der Waals surface area contributed by atoms with Crippen LogP contribution in [0.5, 0.6) is 0 Å². The first-order valence-electron chi connectivity index (χ1n) is 6.37. The predicted octanol–water partition coefficient (Wildman–Crippen LogP) is 1.86. The first-order valence-corrected chi connectivity index (χ1v) is 7.66. The van der Waals surface area contributed by atoms with Gasteiger partial charge >= 0.3 is 0 Å². The first kappa shape index (κ1) is 11.7. The third-order valence-electron chi connectivity index (χ3n) is 3.88. The van der Waals surface area contributed by atoms with E-state index in [1.165, 1.54) is 51.7 Å². The van der Waals surface area contributed by atoms with Gasteiger partial charge in [-0.15, -0.1) is 0 Å². The van der Waals surface area contributed by atoms with Crippen LogP contribution in [0.2, 0.25) is 0 Å². The topological polar surface area (TPSA) is 24.1 Å². The molecule has 0 spiro atoms. The molecular weight excluding hydrogens is 204 g/mol. The molecule has 2 N–H and O–H groups in total. The van der Waals surface area contributed by atoms with E-state index >= 15 is 0 Å². The van der Waals surface area contributed by atoms with Crippen LogP contribution in [-0.2, 0) is 0 Å². The number of rotatable bonds is 4. The lowest BCUT2D eigenvalue weighted by molar-refractivity contribution is 0.341. The zero-order valence-corrected chi connectivity index (χ0v) is 10.6. The summed E-state index contributed by atoms with van der Waals surface area (Å²) in [6.07, 6.45) is 9.24. The summed E-state index contributed by atoms with van der Waals surface area (Å²) in [4.78, 5) is 0. The van der Waals surface area contributed by atoms with Crippen molar-refractivity contribution in [1.29, 1.82) is 0 Å². The van der Waals surface area contributed by atoms with Gasteiger partial charge in [-0.05, 0) is 57.5 Å². The van der Waals surface area contributed by atoms with E-state index in [-0.39, 0.29) is 0 Å². The van der Waals surface area contributed by atoms with E-state index in [4.69, 9.17) is 0 Å². The molecule has 2 unspecified atom stereocenters. The van der Waals surface area contributed by atoms with Crippen LogP contribution in [0.3, 0.4) is 0 Å². The molecule has 2 aliphatic rings. The average molecular weight is 228 g/mol. The molecule has 2 fully saturated rings. The van der Waals surface area contributed by atoms with E-state index in [9.17, 15) is 0 Å². The Bertz CT molecular complexity index is 180. The molecule has 0 amide bonds. The zero-order chi connectivity index (χ0) is 10.5. The van der Waals surface area contributed by atoms with Gasteiger partial charge in [0, 0.05) is 11.3 Å². The van der Waals surface area contributed by atoms with Gasteiger partial charge in [0.15, 0.2) is 0 Å². The van der Waals surface area contributed by atoms with Crippen molar-refractivity contribution in [3.63, 3.8) is 0 Å². The summed E-state index contributed by atoms with van der Waals surface area (Å²) >= 11 is 2.05. The van der Waals surface area contributed by atoms with Gasteiger partial charge in [0.05, 0.1) is 0 Å². The summed E-state index contributed by atoms with van der Waals surface area (Å²) in [6.45, 7) is 3.70. The van der Waals surface area contributed by atoms with Crippen molar-refractivity contribution >= 4 is 11.8 Å². The van der Waals surface area contributed by atoms with Crippen molar-refractivity contribution < 1.29 is 0 Å². The maximum absolute atomic E-state index is 3.80. The van der Waals surface area contributed by atoms with Gasteiger partial charge in [-0.1, -0.05) is 6.42 Å². The van der Waals surface area contributed by atoms with Gasteiger partial charge in [0.2, 0.25) is 0 Å². The molecule has 2 nitrogen and oxygen atoms in total. The van der Waals surface area contributed by atoms with Crippen molar-refractivity contribution in [1.82, 2.24) is 10.6 Å². The molecule has 0 bridgehead atoms. The Morgan fingerprint density at radius 1 is 1.20 bits per heavy atom. The van der Waals surface area contributed by atoms with Crippen LogP contribution in [0.25, 0.3) is 0 Å². The average Bonchev–Trinajstić information content (AvgIpc) is 2.75. The summed E-state index contributed by atoms with van der Waals surface area (Å²) in [5, 5.41) is 8.12. The predicted molar refractivity (Wildman–Crippen MR) is 68.5 cm³/mol. The third kappa shape index (κ3) is 3.36. The van der Waals surface area contributed by atoms with E-state index in [1.54, 1.807) is 0 Å². The second-order valence-electron chi connectivity index (χ2n) is 4.91. The molecule has 0 aromatic rings. The minimum Gasteiger partial charge on any atom is -0.317 e. The van der Waals surface area contributed by atoms with Crippen LogP contribution in [0.4, 0.5) is 0 Å². The normalized spacial score (nSPS) is 33.4. The standard InChI is InChI=1S/C12H24N2S/c1-15-12-4-2-3-11(12)14-9-10-5-7-13-8-6-10/h10-14H,2-9H2,1H3. The van der Waals surface area contributed by atoms with Gasteiger partial charge in [0.25, 0.3) is 0 Å². The summed E-state index contributed by atoms with van der Waals surface area (Å²) in [6, 6.07) is 0.801. The zero-order valence-electron chi connectivity index (χ0n) is 9.80. The number of piperidine rings is 1. The lowest BCUT2D eigenvalue weighted by Gasteiger charge is -2.26. The third-order valence-corrected chi connectivity index (χ3v) is 5.05. The van der Waals surface area contributed by atoms with E-state index in [0.29, 0.717) is 0 Å². The van der Waals surface area contributed by atoms with Gasteiger partial charge in [-0.2, -0.15) is 11.8 Å². The Balaban J connectivity index is 1.67. The molecule has 1 aliphatic carbocycles. The molecular formula is C12H24N2S. The summed E-state index contributed by atoms with van der Waals surface area (Å²) in [7, 11) is 0. The SMILES string of the molecule is CSC1CCCC1NCC1CCNCC1. The highest BCUT2D eigenvalue weighted by Gasteiger charge is 2.26. The molecule has 88 valence electrons. The molecule has 0 aromatic carbocycles. The lowest BCUT2D eigenvalue weighted by Crippen LogP contribution is -2.40. The van der Waals surface area contributed by atoms with Crippen LogP contribution in [-0.4, -0.2) is 37.2 Å². The fourth-order valence-electron chi connectivity index (χ4n) is 2.85. The molecule has 0 aromatic heterocycles. The van der Waals surface area contributed by atoms with Crippen LogP contribution < -0.4 is 10.6 Å². The second-order valence-corrected chi connectivity index (χ2v) is 5.99. The van der Waals surface area contributed by atoms with E-state index in [0.717, 1.165) is 17.2 Å². The first-order chi connectivity index (χ1) is 7.40. The summed E-state index contributed by atoms with van der Waals surface area (Å²) < 4.78 is 0. The van der Waals surface area contributed by atoms with Crippen LogP contribution in [0.1, 0.15) is 32.1 Å².